The Morgan fingerprint density at radius 3 is 2.57 bits per heavy atom. The number of likely N-dealkylation sites (N-methyl/N-ethyl adjacent to an activating group) is 1. The van der Waals surface area contributed by atoms with Crippen LogP contribution in [0.15, 0.2) is 0 Å². The van der Waals surface area contributed by atoms with Crippen molar-refractivity contribution < 1.29 is 14.3 Å². The SMILES string of the molecule is COCCCN(C)CCNC(=O)C1(COC)CCNCC1. The molecule has 0 atom stereocenters. The van der Waals surface area contributed by atoms with Crippen LogP contribution in [0.5, 0.6) is 0 Å². The van der Waals surface area contributed by atoms with Gasteiger partial charge in [-0.05, 0) is 39.4 Å². The number of amides is 1. The molecule has 0 aromatic carbocycles. The van der Waals surface area contributed by atoms with Gasteiger partial charge in [-0.2, -0.15) is 0 Å². The van der Waals surface area contributed by atoms with E-state index in [0.29, 0.717) is 13.2 Å². The molecule has 6 heteroatoms. The van der Waals surface area contributed by atoms with Gasteiger partial charge in [-0.15, -0.1) is 0 Å². The van der Waals surface area contributed by atoms with Gasteiger partial charge in [0.2, 0.25) is 5.91 Å². The van der Waals surface area contributed by atoms with Crippen LogP contribution in [0.3, 0.4) is 0 Å². The molecule has 1 aliphatic heterocycles. The number of methoxy groups -OCH3 is 2. The molecule has 0 unspecified atom stereocenters. The summed E-state index contributed by atoms with van der Waals surface area (Å²) in [6.07, 6.45) is 2.70. The lowest BCUT2D eigenvalue weighted by molar-refractivity contribution is -0.136. The summed E-state index contributed by atoms with van der Waals surface area (Å²) < 4.78 is 10.3. The van der Waals surface area contributed by atoms with Crippen molar-refractivity contribution in [3.63, 3.8) is 0 Å². The fraction of sp³-hybridized carbons (Fsp3) is 0.933. The van der Waals surface area contributed by atoms with Crippen LogP contribution in [0, 0.1) is 5.41 Å². The molecule has 1 saturated heterocycles. The van der Waals surface area contributed by atoms with E-state index in [4.69, 9.17) is 9.47 Å². The Balaban J connectivity index is 2.30. The maximum absolute atomic E-state index is 12.5. The molecule has 1 rings (SSSR count). The minimum atomic E-state index is -0.353. The molecule has 1 amide bonds. The van der Waals surface area contributed by atoms with Crippen molar-refractivity contribution in [3.05, 3.63) is 0 Å². The molecule has 1 fully saturated rings. The van der Waals surface area contributed by atoms with Gasteiger partial charge in [0, 0.05) is 40.5 Å². The molecule has 2 N–H and O–H groups in total. The molecule has 0 bridgehead atoms. The Bertz CT molecular complexity index is 288. The molecule has 21 heavy (non-hydrogen) atoms. The zero-order valence-electron chi connectivity index (χ0n) is 13.7. The van der Waals surface area contributed by atoms with Crippen molar-refractivity contribution in [2.75, 3.05) is 67.2 Å². The number of carbonyl (C=O) groups is 1. The molecule has 0 spiro atoms. The molecule has 1 heterocycles. The van der Waals surface area contributed by atoms with Crippen molar-refractivity contribution in [3.8, 4) is 0 Å². The van der Waals surface area contributed by atoms with Crippen LogP contribution < -0.4 is 10.6 Å². The third-order valence-corrected chi connectivity index (χ3v) is 4.13. The van der Waals surface area contributed by atoms with Crippen LogP contribution in [0.4, 0.5) is 0 Å². The van der Waals surface area contributed by atoms with Crippen molar-refractivity contribution in [2.45, 2.75) is 19.3 Å². The lowest BCUT2D eigenvalue weighted by atomic mass is 9.78. The first-order valence-electron chi connectivity index (χ1n) is 7.80. The zero-order valence-corrected chi connectivity index (χ0v) is 13.7. The van der Waals surface area contributed by atoms with Gasteiger partial charge in [0.25, 0.3) is 0 Å². The highest BCUT2D eigenvalue weighted by molar-refractivity contribution is 5.83. The Morgan fingerprint density at radius 1 is 1.24 bits per heavy atom. The van der Waals surface area contributed by atoms with Crippen LogP contribution in [0.2, 0.25) is 0 Å². The number of piperidine rings is 1. The molecule has 6 nitrogen and oxygen atoms in total. The summed E-state index contributed by atoms with van der Waals surface area (Å²) in [5, 5.41) is 6.38. The molecule has 0 saturated carbocycles. The van der Waals surface area contributed by atoms with Crippen molar-refractivity contribution in [1.29, 1.82) is 0 Å². The normalized spacial score (nSPS) is 17.9. The van der Waals surface area contributed by atoms with E-state index < -0.39 is 0 Å². The van der Waals surface area contributed by atoms with Crippen LogP contribution in [0.25, 0.3) is 0 Å². The van der Waals surface area contributed by atoms with E-state index in [9.17, 15) is 4.79 Å². The van der Waals surface area contributed by atoms with Gasteiger partial charge in [0.05, 0.1) is 12.0 Å². The molecule has 1 aliphatic rings. The van der Waals surface area contributed by atoms with Crippen molar-refractivity contribution >= 4 is 5.91 Å². The van der Waals surface area contributed by atoms with Crippen molar-refractivity contribution in [2.24, 2.45) is 5.41 Å². The Labute approximate surface area is 128 Å². The molecule has 0 aromatic heterocycles. The van der Waals surface area contributed by atoms with E-state index in [1.807, 2.05) is 0 Å². The number of hydrogen-bond donors (Lipinski definition) is 2. The van der Waals surface area contributed by atoms with E-state index in [2.05, 4.69) is 22.6 Å². The molecule has 124 valence electrons. The first-order valence-corrected chi connectivity index (χ1v) is 7.80. The average Bonchev–Trinajstić information content (AvgIpc) is 2.48. The van der Waals surface area contributed by atoms with E-state index in [0.717, 1.165) is 52.0 Å². The third-order valence-electron chi connectivity index (χ3n) is 4.13. The summed E-state index contributed by atoms with van der Waals surface area (Å²) in [5.74, 6) is 0.135. The van der Waals surface area contributed by atoms with Crippen LogP contribution >= 0.6 is 0 Å². The number of nitrogens with zero attached hydrogens (tertiary/aromatic N) is 1. The summed E-state index contributed by atoms with van der Waals surface area (Å²) in [6.45, 7) is 5.57. The smallest absolute Gasteiger partial charge is 0.228 e. The summed E-state index contributed by atoms with van der Waals surface area (Å²) in [6, 6.07) is 0. The number of hydrogen-bond acceptors (Lipinski definition) is 5. The number of rotatable bonds is 10. The topological polar surface area (TPSA) is 62.8 Å². The van der Waals surface area contributed by atoms with Gasteiger partial charge in [-0.25, -0.2) is 0 Å². The molecule has 0 radical (unpaired) electrons. The summed E-state index contributed by atoms with van der Waals surface area (Å²) in [5.41, 5.74) is -0.353. The van der Waals surface area contributed by atoms with E-state index in [1.54, 1.807) is 14.2 Å². The molecule has 0 aliphatic carbocycles. The minimum absolute atomic E-state index is 0.135. The average molecular weight is 301 g/mol. The predicted octanol–water partition coefficient (Wildman–Crippen LogP) is 0.0871. The summed E-state index contributed by atoms with van der Waals surface area (Å²) >= 11 is 0. The monoisotopic (exact) mass is 301 g/mol. The molecular formula is C15H31N3O3. The Morgan fingerprint density at radius 2 is 1.95 bits per heavy atom. The summed E-state index contributed by atoms with van der Waals surface area (Å²) in [4.78, 5) is 14.7. The second-order valence-electron chi connectivity index (χ2n) is 5.87. The van der Waals surface area contributed by atoms with Crippen LogP contribution in [-0.2, 0) is 14.3 Å². The first kappa shape index (κ1) is 18.4. The number of carbonyl (C=O) groups excluding carboxylic acids is 1. The third kappa shape index (κ3) is 6.30. The second kappa shape index (κ2) is 10.1. The van der Waals surface area contributed by atoms with Crippen LogP contribution in [0.1, 0.15) is 19.3 Å². The van der Waals surface area contributed by atoms with Gasteiger partial charge in [-0.3, -0.25) is 4.79 Å². The van der Waals surface area contributed by atoms with E-state index >= 15 is 0 Å². The van der Waals surface area contributed by atoms with Gasteiger partial charge >= 0.3 is 0 Å². The quantitative estimate of drug-likeness (QED) is 0.560. The highest BCUT2D eigenvalue weighted by atomic mass is 16.5. The number of ether oxygens (including phenoxy) is 2. The van der Waals surface area contributed by atoms with Gasteiger partial charge in [0.15, 0.2) is 0 Å². The largest absolute Gasteiger partial charge is 0.385 e. The fourth-order valence-corrected chi connectivity index (χ4v) is 2.76. The highest BCUT2D eigenvalue weighted by Gasteiger charge is 2.39. The lowest BCUT2D eigenvalue weighted by Crippen LogP contribution is -2.51. The predicted molar refractivity (Wildman–Crippen MR) is 83.4 cm³/mol. The van der Waals surface area contributed by atoms with E-state index in [-0.39, 0.29) is 11.3 Å². The first-order chi connectivity index (χ1) is 10.1. The Hall–Kier alpha value is -0.690. The van der Waals surface area contributed by atoms with Gasteiger partial charge in [-0.1, -0.05) is 0 Å². The minimum Gasteiger partial charge on any atom is -0.385 e. The number of nitrogens with one attached hydrogen (secondary N) is 2. The highest BCUT2D eigenvalue weighted by Crippen LogP contribution is 2.29. The molecule has 0 aromatic rings. The second-order valence-corrected chi connectivity index (χ2v) is 5.87. The van der Waals surface area contributed by atoms with Gasteiger partial charge < -0.3 is 25.0 Å². The maximum atomic E-state index is 12.5. The maximum Gasteiger partial charge on any atom is 0.228 e. The lowest BCUT2D eigenvalue weighted by Gasteiger charge is -2.35. The van der Waals surface area contributed by atoms with Gasteiger partial charge in [0.1, 0.15) is 0 Å². The molecular weight excluding hydrogens is 270 g/mol. The van der Waals surface area contributed by atoms with Crippen molar-refractivity contribution in [1.82, 2.24) is 15.5 Å². The zero-order chi connectivity index (χ0) is 15.6. The Kier molecular flexibility index (Phi) is 8.84. The van der Waals surface area contributed by atoms with Crippen LogP contribution in [-0.4, -0.2) is 78.0 Å². The fourth-order valence-electron chi connectivity index (χ4n) is 2.76. The standard InChI is InChI=1S/C15H31N3O3/c1-18(10-4-12-20-2)11-9-17-14(19)15(13-21-3)5-7-16-8-6-15/h16H,4-13H2,1-3H3,(H,17,19). The summed E-state index contributed by atoms with van der Waals surface area (Å²) in [7, 11) is 5.45. The van der Waals surface area contributed by atoms with E-state index in [1.165, 1.54) is 0 Å².